The second-order valence-corrected chi connectivity index (χ2v) is 25.5. The number of carboxylic acids is 1. The predicted octanol–water partition coefficient (Wildman–Crippen LogP) is -3.90. The number of nitrogens with two attached hydrogens (primary N) is 7. The summed E-state index contributed by atoms with van der Waals surface area (Å²) < 4.78 is 0. The lowest BCUT2D eigenvalue weighted by molar-refractivity contribution is -0.148. The Hall–Kier alpha value is -8.83. The molecule has 2 saturated heterocycles. The predicted molar refractivity (Wildman–Crippen MR) is 361 cm³/mol. The van der Waals surface area contributed by atoms with Crippen LogP contribution in [0.15, 0.2) is 75.3 Å². The van der Waals surface area contributed by atoms with Gasteiger partial charge in [0.25, 0.3) is 0 Å². The van der Waals surface area contributed by atoms with Gasteiger partial charge in [0.15, 0.2) is 11.9 Å². The van der Waals surface area contributed by atoms with E-state index in [0.717, 1.165) is 0 Å². The summed E-state index contributed by atoms with van der Waals surface area (Å²) in [6, 6.07) is 2.82. The minimum Gasteiger partial charge on any atom is -0.480 e. The standard InChI is InChI=1S/C62H95N19O13S2/c63-24-6-4-18-40(65)51(84)74-41(19-5-7-25-64)52(85)75-42(20-8-26-70-61(66)67)58(91)81-29-11-23-49(81)59(92)80-28-10-22-48(80)57(90)72-35-50(83)73-45(33-38-16-12-30-95-38)54(87)79-47(36-82)56(89)77-44(32-37-14-2-1-3-15-37)53(86)78-46(34-39-17-13-31-96-39)55(88)76-43(60(93)94)21-9-27-71-62(68)69/h1-3,12-17,30-31,40-49,82H,4-11,18-29,32-36,63-65H2,(H,72,90)(H,73,83)(H,74,84)(H,75,85)(H,76,88)(H,77,89)(H,78,86)(H,79,87)(H,93,94)(H4,66,67,70)(H4,68,69,71)/t40-,41-,42-,43-,44+,45-,46-,47-,48-,49-/m0/s1. The smallest absolute Gasteiger partial charge is 0.326 e. The number of amides is 10. The van der Waals surface area contributed by atoms with E-state index in [1.807, 2.05) is 0 Å². The summed E-state index contributed by atoms with van der Waals surface area (Å²) >= 11 is 2.55. The fourth-order valence-corrected chi connectivity index (χ4v) is 12.5. The van der Waals surface area contributed by atoms with Crippen LogP contribution in [0.5, 0.6) is 0 Å². The van der Waals surface area contributed by atoms with Crippen molar-refractivity contribution >= 4 is 99.6 Å². The van der Waals surface area contributed by atoms with Crippen molar-refractivity contribution in [1.82, 2.24) is 52.3 Å². The van der Waals surface area contributed by atoms with Gasteiger partial charge in [-0.3, -0.25) is 57.9 Å². The van der Waals surface area contributed by atoms with Gasteiger partial charge in [-0.05, 0) is 125 Å². The van der Waals surface area contributed by atoms with Crippen LogP contribution in [-0.2, 0) is 72.0 Å². The number of likely N-dealkylation sites (tertiary alicyclic amines) is 2. The molecule has 34 heteroatoms. The summed E-state index contributed by atoms with van der Waals surface area (Å²) in [6.45, 7) is -0.386. The van der Waals surface area contributed by atoms with Gasteiger partial charge in [0.2, 0.25) is 59.1 Å². The van der Waals surface area contributed by atoms with Crippen LogP contribution in [0, 0.1) is 0 Å². The quantitative estimate of drug-likeness (QED) is 0.0146. The fourth-order valence-electron chi connectivity index (χ4n) is 11.0. The van der Waals surface area contributed by atoms with E-state index in [1.165, 1.54) is 32.5 Å². The number of guanidine groups is 2. The second-order valence-electron chi connectivity index (χ2n) is 23.4. The lowest BCUT2D eigenvalue weighted by Crippen LogP contribution is -2.60. The molecule has 2 aliphatic rings. The molecule has 0 spiro atoms. The van der Waals surface area contributed by atoms with Gasteiger partial charge in [-0.25, -0.2) is 4.79 Å². The molecule has 4 heterocycles. The molecule has 2 fully saturated rings. The summed E-state index contributed by atoms with van der Waals surface area (Å²) in [5.74, 6) is -9.18. The molecule has 24 N–H and O–H groups in total. The number of aliphatic carboxylic acids is 1. The van der Waals surface area contributed by atoms with Crippen molar-refractivity contribution in [3.8, 4) is 0 Å². The molecule has 0 saturated carbocycles. The average Bonchev–Trinajstić information content (AvgIpc) is 1.62. The molecule has 0 radical (unpaired) electrons. The number of aliphatic imine (C=N–C) groups is 2. The van der Waals surface area contributed by atoms with Crippen molar-refractivity contribution in [3.63, 3.8) is 0 Å². The molecule has 2 aromatic heterocycles. The van der Waals surface area contributed by atoms with E-state index in [1.54, 1.807) is 65.4 Å². The van der Waals surface area contributed by atoms with Gasteiger partial charge in [0.05, 0.1) is 19.2 Å². The molecule has 3 aromatic rings. The Morgan fingerprint density at radius 1 is 0.521 bits per heavy atom. The summed E-state index contributed by atoms with van der Waals surface area (Å²) in [4.78, 5) is 165. The largest absolute Gasteiger partial charge is 0.480 e. The summed E-state index contributed by atoms with van der Waals surface area (Å²) in [5, 5.41) is 45.0. The van der Waals surface area contributed by atoms with E-state index < -0.39 is 139 Å². The Labute approximate surface area is 565 Å². The highest BCUT2D eigenvalue weighted by Crippen LogP contribution is 2.27. The Morgan fingerprint density at radius 2 is 0.990 bits per heavy atom. The molecule has 5 rings (SSSR count). The second kappa shape index (κ2) is 41.2. The number of benzene rings is 1. The van der Waals surface area contributed by atoms with E-state index >= 15 is 0 Å². The van der Waals surface area contributed by atoms with E-state index in [9.17, 15) is 63.0 Å². The number of nitrogens with zero attached hydrogens (tertiary/aromatic N) is 4. The number of aliphatic hydroxyl groups excluding tert-OH is 1. The zero-order valence-electron chi connectivity index (χ0n) is 53.8. The van der Waals surface area contributed by atoms with Gasteiger partial charge in [0, 0.05) is 55.2 Å². The van der Waals surface area contributed by atoms with Crippen LogP contribution in [-0.4, -0.2) is 210 Å². The van der Waals surface area contributed by atoms with Gasteiger partial charge in [-0.2, -0.15) is 0 Å². The molecule has 10 amide bonds. The van der Waals surface area contributed by atoms with Crippen LogP contribution in [0.2, 0.25) is 0 Å². The van der Waals surface area contributed by atoms with Crippen LogP contribution >= 0.6 is 22.7 Å². The van der Waals surface area contributed by atoms with Crippen molar-refractivity contribution in [2.24, 2.45) is 50.1 Å². The first-order valence-electron chi connectivity index (χ1n) is 32.2. The molecule has 0 unspecified atom stereocenters. The number of carbonyl (C=O) groups excluding carboxylic acids is 10. The molecule has 1 aromatic carbocycles. The number of unbranched alkanes of at least 4 members (excludes halogenated alkanes) is 2. The Balaban J connectivity index is 1.26. The summed E-state index contributed by atoms with van der Waals surface area (Å²) in [5.41, 5.74) is 40.0. The van der Waals surface area contributed by atoms with Crippen molar-refractivity contribution in [1.29, 1.82) is 0 Å². The molecule has 32 nitrogen and oxygen atoms in total. The monoisotopic (exact) mass is 1380 g/mol. The first kappa shape index (κ1) is 77.9. The zero-order chi connectivity index (χ0) is 70.1. The maximum Gasteiger partial charge on any atom is 0.326 e. The number of thiophene rings is 2. The highest BCUT2D eigenvalue weighted by molar-refractivity contribution is 7.10. The van der Waals surface area contributed by atoms with E-state index in [-0.39, 0.29) is 102 Å². The number of aliphatic hydroxyl groups is 1. The highest BCUT2D eigenvalue weighted by atomic mass is 32.1. The minimum absolute atomic E-state index is 0.0511. The number of hydrogen-bond acceptors (Lipinski definition) is 19. The van der Waals surface area contributed by atoms with Crippen LogP contribution in [0.4, 0.5) is 0 Å². The van der Waals surface area contributed by atoms with Crippen molar-refractivity contribution in [3.05, 3.63) is 80.7 Å². The van der Waals surface area contributed by atoms with Crippen LogP contribution < -0.4 is 82.7 Å². The highest BCUT2D eigenvalue weighted by Gasteiger charge is 2.44. The zero-order valence-corrected chi connectivity index (χ0v) is 55.5. The SMILES string of the molecule is NCCCC[C@H](NC(=O)[C@@H](N)CCCCN)C(=O)N[C@@H](CCCN=C(N)N)C(=O)N1CCC[C@H]1C(=O)N1CCC[C@H]1C(=O)NCC(=O)N[C@@H](Cc1cccs1)C(=O)N[C@@H](CO)C(=O)N[C@H](Cc1ccccc1)C(=O)N[C@@H](Cc1cccs1)C(=O)N[C@@H](CCCN=C(N)N)C(=O)O. The molecule has 528 valence electrons. The fraction of sp³-hybridized carbons (Fsp3) is 0.565. The van der Waals surface area contributed by atoms with Gasteiger partial charge in [-0.15, -0.1) is 22.7 Å². The topological polar surface area (TPSA) is 538 Å². The van der Waals surface area contributed by atoms with Crippen LogP contribution in [0.1, 0.15) is 105 Å². The van der Waals surface area contributed by atoms with Crippen LogP contribution in [0.25, 0.3) is 0 Å². The van der Waals surface area contributed by atoms with E-state index in [2.05, 4.69) is 52.5 Å². The molecular weight excluding hydrogens is 1280 g/mol. The average molecular weight is 1380 g/mol. The van der Waals surface area contributed by atoms with Crippen LogP contribution in [0.3, 0.4) is 0 Å². The lowest BCUT2D eigenvalue weighted by Gasteiger charge is -2.33. The maximum atomic E-state index is 14.6. The molecule has 0 bridgehead atoms. The van der Waals surface area contributed by atoms with Gasteiger partial charge in [0.1, 0.15) is 54.4 Å². The maximum absolute atomic E-state index is 14.6. The number of nitrogens with one attached hydrogen (secondary N) is 8. The Kier molecular flexibility index (Phi) is 33.4. The van der Waals surface area contributed by atoms with E-state index in [0.29, 0.717) is 73.4 Å². The van der Waals surface area contributed by atoms with Gasteiger partial charge in [-0.1, -0.05) is 48.9 Å². The van der Waals surface area contributed by atoms with Gasteiger partial charge < -0.3 is 103 Å². The number of carbonyl (C=O) groups is 11. The first-order chi connectivity index (χ1) is 46.0. The third-order valence-corrected chi connectivity index (χ3v) is 17.9. The summed E-state index contributed by atoms with van der Waals surface area (Å²) in [6.07, 6.45) is 4.22. The molecular formula is C62H95N19O13S2. The van der Waals surface area contributed by atoms with E-state index in [4.69, 9.17) is 40.1 Å². The minimum atomic E-state index is -1.71. The lowest BCUT2D eigenvalue weighted by atomic mass is 10.0. The Morgan fingerprint density at radius 3 is 1.53 bits per heavy atom. The van der Waals surface area contributed by atoms with Crippen molar-refractivity contribution in [2.75, 3.05) is 52.4 Å². The molecule has 10 atom stereocenters. The number of hydrogen-bond donors (Lipinski definition) is 17. The van der Waals surface area contributed by atoms with Crippen molar-refractivity contribution in [2.45, 2.75) is 170 Å². The third kappa shape index (κ3) is 26.1. The first-order valence-corrected chi connectivity index (χ1v) is 34.0. The molecule has 2 aliphatic heterocycles. The normalized spacial score (nSPS) is 16.8. The molecule has 96 heavy (non-hydrogen) atoms. The molecule has 0 aliphatic carbocycles. The summed E-state index contributed by atoms with van der Waals surface area (Å²) in [7, 11) is 0. The van der Waals surface area contributed by atoms with Crippen molar-refractivity contribution < 1.29 is 63.0 Å². The number of rotatable bonds is 42. The van der Waals surface area contributed by atoms with Gasteiger partial charge >= 0.3 is 5.97 Å². The number of carboxylic acid groups (broad SMARTS) is 1. The third-order valence-electron chi connectivity index (χ3n) is 16.1. The Bertz CT molecular complexity index is 3080.